The Labute approximate surface area is 194 Å². The molecular weight excluding hydrogens is 440 g/mol. The van der Waals surface area contributed by atoms with Gasteiger partial charge in [0.25, 0.3) is 16.7 Å². The fourth-order valence-electron chi connectivity index (χ4n) is 3.92. The molecule has 5 rings (SSSR count). The van der Waals surface area contributed by atoms with Gasteiger partial charge < -0.3 is 10.1 Å². The molecule has 4 heterocycles. The Kier molecular flexibility index (Phi) is 5.97. The van der Waals surface area contributed by atoms with Gasteiger partial charge in [0, 0.05) is 19.3 Å². The van der Waals surface area contributed by atoms with Crippen LogP contribution in [0.5, 0.6) is 0 Å². The molecule has 2 saturated heterocycles. The van der Waals surface area contributed by atoms with E-state index in [1.165, 1.54) is 15.4 Å². The largest absolute Gasteiger partial charge is 0.376 e. The number of aromatic nitrogens is 2. The molecule has 3 aromatic rings. The van der Waals surface area contributed by atoms with Gasteiger partial charge in [0.1, 0.15) is 11.5 Å². The monoisotopic (exact) mass is 462 g/mol. The summed E-state index contributed by atoms with van der Waals surface area (Å²) in [4.78, 5) is 44.9. The van der Waals surface area contributed by atoms with E-state index >= 15 is 0 Å². The predicted octanol–water partition coefficient (Wildman–Crippen LogP) is 3.52. The van der Waals surface area contributed by atoms with Crippen molar-refractivity contribution >= 4 is 40.4 Å². The van der Waals surface area contributed by atoms with Crippen LogP contribution in [-0.4, -0.2) is 44.7 Å². The van der Waals surface area contributed by atoms with Crippen LogP contribution in [0.4, 0.5) is 10.6 Å². The Hall–Kier alpha value is -3.43. The summed E-state index contributed by atoms with van der Waals surface area (Å²) < 4.78 is 7.10. The number of imide groups is 1. The molecule has 9 heteroatoms. The summed E-state index contributed by atoms with van der Waals surface area (Å²) in [5.41, 5.74) is 1.27. The molecule has 2 fully saturated rings. The number of rotatable bonds is 6. The molecule has 0 radical (unpaired) electrons. The van der Waals surface area contributed by atoms with Crippen LogP contribution in [0.3, 0.4) is 0 Å². The van der Waals surface area contributed by atoms with E-state index in [1.807, 2.05) is 30.3 Å². The standard InChI is InChI=1S/C24H22N4O4S/c29-22-18(13-19-23(30)28(24(31)33-19)15-16-7-2-1-3-8-16)21(25-14-17-9-6-12-32-17)26-20-10-4-5-11-27(20)22/h1-5,7-8,10-11,13,17,25H,6,9,12,14-15H2/b19-13-/t17-/m0/s1. The van der Waals surface area contributed by atoms with E-state index in [0.717, 1.165) is 36.8 Å². The minimum absolute atomic E-state index is 0.0481. The molecule has 0 aliphatic carbocycles. The zero-order chi connectivity index (χ0) is 22.8. The number of hydrogen-bond acceptors (Lipinski definition) is 7. The number of hydrogen-bond donors (Lipinski definition) is 1. The average Bonchev–Trinajstić information content (AvgIpc) is 3.44. The van der Waals surface area contributed by atoms with E-state index < -0.39 is 5.91 Å². The van der Waals surface area contributed by atoms with Crippen LogP contribution >= 0.6 is 11.8 Å². The minimum atomic E-state index is -0.420. The first kappa shape index (κ1) is 21.4. The Morgan fingerprint density at radius 1 is 1.12 bits per heavy atom. The molecule has 0 unspecified atom stereocenters. The number of amides is 2. The third kappa shape index (κ3) is 4.42. The summed E-state index contributed by atoms with van der Waals surface area (Å²) in [6.45, 7) is 1.41. The Morgan fingerprint density at radius 2 is 1.94 bits per heavy atom. The predicted molar refractivity (Wildman–Crippen MR) is 127 cm³/mol. The highest BCUT2D eigenvalue weighted by atomic mass is 32.2. The van der Waals surface area contributed by atoms with Gasteiger partial charge >= 0.3 is 0 Å². The van der Waals surface area contributed by atoms with Gasteiger partial charge in [-0.2, -0.15) is 0 Å². The molecule has 0 bridgehead atoms. The Balaban J connectivity index is 1.49. The maximum Gasteiger partial charge on any atom is 0.293 e. The van der Waals surface area contributed by atoms with Crippen LogP contribution in [0, 0.1) is 0 Å². The number of carbonyl (C=O) groups is 2. The first-order valence-electron chi connectivity index (χ1n) is 10.8. The number of nitrogens with one attached hydrogen (secondary N) is 1. The number of carbonyl (C=O) groups excluding carboxylic acids is 2. The van der Waals surface area contributed by atoms with Crippen molar-refractivity contribution in [3.8, 4) is 0 Å². The maximum atomic E-state index is 13.3. The number of anilines is 1. The van der Waals surface area contributed by atoms with Crippen molar-refractivity contribution in [2.75, 3.05) is 18.5 Å². The molecule has 8 nitrogen and oxygen atoms in total. The van der Waals surface area contributed by atoms with E-state index in [2.05, 4.69) is 10.3 Å². The van der Waals surface area contributed by atoms with Crippen molar-refractivity contribution in [3.63, 3.8) is 0 Å². The fourth-order valence-corrected chi connectivity index (χ4v) is 4.74. The third-order valence-corrected chi connectivity index (χ3v) is 6.53. The van der Waals surface area contributed by atoms with Gasteiger partial charge in [-0.05, 0) is 48.4 Å². The zero-order valence-corrected chi connectivity index (χ0v) is 18.6. The molecule has 1 aromatic carbocycles. The minimum Gasteiger partial charge on any atom is -0.376 e. The lowest BCUT2D eigenvalue weighted by molar-refractivity contribution is -0.123. The first-order valence-corrected chi connectivity index (χ1v) is 11.6. The second kappa shape index (κ2) is 9.21. The lowest BCUT2D eigenvalue weighted by atomic mass is 10.2. The van der Waals surface area contributed by atoms with Gasteiger partial charge in [0.05, 0.1) is 23.1 Å². The summed E-state index contributed by atoms with van der Waals surface area (Å²) >= 11 is 0.832. The van der Waals surface area contributed by atoms with Crippen molar-refractivity contribution in [1.29, 1.82) is 0 Å². The smallest absolute Gasteiger partial charge is 0.293 e. The number of pyridine rings is 1. The molecular formula is C24H22N4O4S. The summed E-state index contributed by atoms with van der Waals surface area (Å²) in [5, 5.41) is 2.86. The molecule has 1 N–H and O–H groups in total. The van der Waals surface area contributed by atoms with E-state index in [-0.39, 0.29) is 33.9 Å². The molecule has 168 valence electrons. The highest BCUT2D eigenvalue weighted by molar-refractivity contribution is 8.18. The van der Waals surface area contributed by atoms with E-state index in [1.54, 1.807) is 24.4 Å². The molecule has 0 saturated carbocycles. The Bertz CT molecular complexity index is 1300. The lowest BCUT2D eigenvalue weighted by Crippen LogP contribution is -2.27. The summed E-state index contributed by atoms with van der Waals surface area (Å²) in [7, 11) is 0. The number of thioether (sulfide) groups is 1. The van der Waals surface area contributed by atoms with Crippen molar-refractivity contribution in [2.45, 2.75) is 25.5 Å². The summed E-state index contributed by atoms with van der Waals surface area (Å²) in [6, 6.07) is 14.6. The van der Waals surface area contributed by atoms with Crippen LogP contribution in [0.25, 0.3) is 11.7 Å². The van der Waals surface area contributed by atoms with Crippen molar-refractivity contribution in [1.82, 2.24) is 14.3 Å². The highest BCUT2D eigenvalue weighted by Gasteiger charge is 2.35. The summed E-state index contributed by atoms with van der Waals surface area (Å²) in [6.07, 6.45) is 5.09. The molecule has 33 heavy (non-hydrogen) atoms. The number of nitrogens with zero attached hydrogens (tertiary/aromatic N) is 3. The normalized spacial score (nSPS) is 19.7. The Morgan fingerprint density at radius 3 is 2.73 bits per heavy atom. The van der Waals surface area contributed by atoms with E-state index in [0.29, 0.717) is 18.0 Å². The number of fused-ring (bicyclic) bond motifs is 1. The van der Waals surface area contributed by atoms with Crippen LogP contribution in [-0.2, 0) is 16.1 Å². The van der Waals surface area contributed by atoms with Crippen LogP contribution in [0.2, 0.25) is 0 Å². The number of benzene rings is 1. The molecule has 2 aliphatic rings. The molecule has 1 atom stereocenters. The second-order valence-electron chi connectivity index (χ2n) is 7.88. The fraction of sp³-hybridized carbons (Fsp3) is 0.250. The summed E-state index contributed by atoms with van der Waals surface area (Å²) in [5.74, 6) is -0.0481. The molecule has 2 aliphatic heterocycles. The lowest BCUT2D eigenvalue weighted by Gasteiger charge is -2.14. The van der Waals surface area contributed by atoms with Crippen LogP contribution < -0.4 is 10.9 Å². The van der Waals surface area contributed by atoms with E-state index in [4.69, 9.17) is 4.74 Å². The average molecular weight is 463 g/mol. The van der Waals surface area contributed by atoms with Gasteiger partial charge in [-0.1, -0.05) is 36.4 Å². The van der Waals surface area contributed by atoms with Gasteiger partial charge in [0.2, 0.25) is 0 Å². The van der Waals surface area contributed by atoms with Crippen molar-refractivity contribution in [2.24, 2.45) is 0 Å². The topological polar surface area (TPSA) is 93.0 Å². The van der Waals surface area contributed by atoms with Crippen LogP contribution in [0.1, 0.15) is 24.0 Å². The second-order valence-corrected chi connectivity index (χ2v) is 8.87. The maximum absolute atomic E-state index is 13.3. The first-order chi connectivity index (χ1) is 16.1. The molecule has 2 aromatic heterocycles. The van der Waals surface area contributed by atoms with Gasteiger partial charge in [0.15, 0.2) is 0 Å². The SMILES string of the molecule is O=C1S/C(=C\c2c(NC[C@@H]3CCCO3)nc3ccccn3c2=O)C(=O)N1Cc1ccccc1. The third-order valence-electron chi connectivity index (χ3n) is 5.62. The zero-order valence-electron chi connectivity index (χ0n) is 17.8. The quantitative estimate of drug-likeness (QED) is 0.560. The number of ether oxygens (including phenoxy) is 1. The van der Waals surface area contributed by atoms with Crippen LogP contribution in [0.15, 0.2) is 64.4 Å². The highest BCUT2D eigenvalue weighted by Crippen LogP contribution is 2.33. The van der Waals surface area contributed by atoms with E-state index in [9.17, 15) is 14.4 Å². The van der Waals surface area contributed by atoms with Crippen molar-refractivity contribution < 1.29 is 14.3 Å². The molecule has 0 spiro atoms. The molecule has 2 amide bonds. The van der Waals surface area contributed by atoms with Gasteiger partial charge in [-0.3, -0.25) is 23.7 Å². The van der Waals surface area contributed by atoms with Gasteiger partial charge in [-0.25, -0.2) is 4.98 Å². The van der Waals surface area contributed by atoms with Crippen molar-refractivity contribution in [3.05, 3.63) is 81.1 Å². The van der Waals surface area contributed by atoms with Gasteiger partial charge in [-0.15, -0.1) is 0 Å².